The van der Waals surface area contributed by atoms with Gasteiger partial charge in [-0.1, -0.05) is 31.5 Å². The summed E-state index contributed by atoms with van der Waals surface area (Å²) >= 11 is 0.950. The molecule has 2 heterocycles. The lowest BCUT2D eigenvalue weighted by Crippen LogP contribution is -2.50. The molecule has 1 amide bonds. The Kier molecular flexibility index (Phi) is 8.15. The molecule has 31 heavy (non-hydrogen) atoms. The van der Waals surface area contributed by atoms with Crippen LogP contribution >= 0.6 is 11.8 Å². The molecule has 1 unspecified atom stereocenters. The van der Waals surface area contributed by atoms with Crippen LogP contribution in [0.3, 0.4) is 0 Å². The maximum atomic E-state index is 12.7. The van der Waals surface area contributed by atoms with Crippen LogP contribution in [0.2, 0.25) is 0 Å². The van der Waals surface area contributed by atoms with E-state index in [9.17, 15) is 4.79 Å². The van der Waals surface area contributed by atoms with E-state index in [1.807, 2.05) is 29.3 Å². The third-order valence-electron chi connectivity index (χ3n) is 5.85. The van der Waals surface area contributed by atoms with Gasteiger partial charge in [-0.25, -0.2) is 0 Å². The number of rotatable bonds is 6. The molecule has 7 nitrogen and oxygen atoms in total. The van der Waals surface area contributed by atoms with Crippen LogP contribution in [0.5, 0.6) is 0 Å². The molecule has 0 spiro atoms. The fraction of sp³-hybridized carbons (Fsp3) is 0.522. The number of aromatic amines is 1. The smallest absolute Gasteiger partial charge is 0.276 e. The van der Waals surface area contributed by atoms with Gasteiger partial charge in [-0.3, -0.25) is 20.5 Å². The molecular formula is C23H34N6OS. The number of benzene rings is 1. The molecule has 1 aromatic carbocycles. The van der Waals surface area contributed by atoms with Crippen molar-refractivity contribution in [1.29, 1.82) is 10.8 Å². The Bertz CT molecular complexity index is 916. The molecule has 1 fully saturated rings. The minimum Gasteiger partial charge on any atom is -0.361 e. The largest absolute Gasteiger partial charge is 0.361 e. The number of hydrogen-bond donors (Lipinski definition) is 4. The molecule has 1 atom stereocenters. The second-order valence-electron chi connectivity index (χ2n) is 8.38. The molecule has 0 saturated carbocycles. The SMILES string of the molecule is CCCC(Cc1c[nH]c2ccccc12)NC(=O)C(=N)SC(=N)N1CCN(C(C)C)CC1. The van der Waals surface area contributed by atoms with Crippen LogP contribution < -0.4 is 5.32 Å². The molecule has 0 bridgehead atoms. The number of aromatic nitrogens is 1. The van der Waals surface area contributed by atoms with Gasteiger partial charge in [0, 0.05) is 55.4 Å². The molecule has 1 saturated heterocycles. The molecule has 0 radical (unpaired) electrons. The van der Waals surface area contributed by atoms with Crippen molar-refractivity contribution in [1.82, 2.24) is 20.1 Å². The summed E-state index contributed by atoms with van der Waals surface area (Å²) in [5, 5.41) is 20.9. The van der Waals surface area contributed by atoms with E-state index in [-0.39, 0.29) is 16.3 Å². The third-order valence-corrected chi connectivity index (χ3v) is 6.69. The number of amides is 1. The van der Waals surface area contributed by atoms with Crippen molar-refractivity contribution in [2.24, 2.45) is 0 Å². The number of nitrogens with zero attached hydrogens (tertiary/aromatic N) is 2. The summed E-state index contributed by atoms with van der Waals surface area (Å²) in [4.78, 5) is 20.3. The molecule has 4 N–H and O–H groups in total. The van der Waals surface area contributed by atoms with E-state index < -0.39 is 5.91 Å². The Morgan fingerprint density at radius 1 is 1.19 bits per heavy atom. The fourth-order valence-corrected chi connectivity index (χ4v) is 4.70. The van der Waals surface area contributed by atoms with Crippen molar-refractivity contribution in [3.63, 3.8) is 0 Å². The van der Waals surface area contributed by atoms with Crippen LogP contribution in [-0.2, 0) is 11.2 Å². The molecule has 3 rings (SSSR count). The third kappa shape index (κ3) is 6.11. The van der Waals surface area contributed by atoms with E-state index in [0.717, 1.165) is 62.7 Å². The number of para-hydroxylation sites is 1. The van der Waals surface area contributed by atoms with Gasteiger partial charge in [0.1, 0.15) is 0 Å². The second-order valence-corrected chi connectivity index (χ2v) is 9.37. The lowest BCUT2D eigenvalue weighted by atomic mass is 10.0. The highest BCUT2D eigenvalue weighted by atomic mass is 32.2. The lowest BCUT2D eigenvalue weighted by Gasteiger charge is -2.37. The van der Waals surface area contributed by atoms with Crippen LogP contribution in [0.15, 0.2) is 30.5 Å². The molecule has 0 aliphatic carbocycles. The Morgan fingerprint density at radius 3 is 2.58 bits per heavy atom. The van der Waals surface area contributed by atoms with Crippen molar-refractivity contribution >= 4 is 38.8 Å². The first-order valence-electron chi connectivity index (χ1n) is 11.1. The van der Waals surface area contributed by atoms with Crippen molar-refractivity contribution in [3.8, 4) is 0 Å². The molecule has 8 heteroatoms. The quantitative estimate of drug-likeness (QED) is 0.405. The number of H-pyrrole nitrogens is 1. The molecule has 2 aromatic rings. The van der Waals surface area contributed by atoms with E-state index in [1.165, 1.54) is 10.9 Å². The van der Waals surface area contributed by atoms with E-state index in [1.54, 1.807) is 0 Å². The summed E-state index contributed by atoms with van der Waals surface area (Å²) in [6.45, 7) is 9.79. The maximum Gasteiger partial charge on any atom is 0.276 e. The normalized spacial score (nSPS) is 15.9. The number of carbonyl (C=O) groups excluding carboxylic acids is 1. The maximum absolute atomic E-state index is 12.7. The first kappa shape index (κ1) is 23.3. The topological polar surface area (TPSA) is 99.1 Å². The standard InChI is InChI=1S/C23H34N6OS/c1-4-7-18(14-17-15-26-20-9-6-5-8-19(17)20)27-22(30)21(24)31-23(25)29-12-10-28(11-13-29)16(2)3/h5-6,8-9,15-16,18,24-26H,4,7,10-14H2,1-3H3,(H,27,30). The number of nitrogens with one attached hydrogen (secondary N) is 4. The van der Waals surface area contributed by atoms with Crippen LogP contribution in [-0.4, -0.2) is 69.2 Å². The Labute approximate surface area is 189 Å². The molecule has 1 aliphatic rings. The predicted octanol–water partition coefficient (Wildman–Crippen LogP) is 3.67. The van der Waals surface area contributed by atoms with E-state index in [0.29, 0.717) is 6.04 Å². The van der Waals surface area contributed by atoms with Gasteiger partial charge in [0.05, 0.1) is 0 Å². The lowest BCUT2D eigenvalue weighted by molar-refractivity contribution is -0.115. The van der Waals surface area contributed by atoms with E-state index in [4.69, 9.17) is 10.8 Å². The summed E-state index contributed by atoms with van der Waals surface area (Å²) in [7, 11) is 0. The van der Waals surface area contributed by atoms with Gasteiger partial charge in [0.15, 0.2) is 10.2 Å². The van der Waals surface area contributed by atoms with E-state index >= 15 is 0 Å². The molecule has 1 aliphatic heterocycles. The molecule has 1 aromatic heterocycles. The van der Waals surface area contributed by atoms with Gasteiger partial charge in [0.25, 0.3) is 5.91 Å². The van der Waals surface area contributed by atoms with Crippen LogP contribution in [0.25, 0.3) is 10.9 Å². The molecular weight excluding hydrogens is 408 g/mol. The predicted molar refractivity (Wildman–Crippen MR) is 130 cm³/mol. The summed E-state index contributed by atoms with van der Waals surface area (Å²) in [5.41, 5.74) is 2.26. The second kappa shape index (κ2) is 10.8. The highest BCUT2D eigenvalue weighted by Crippen LogP contribution is 2.20. The fourth-order valence-electron chi connectivity index (χ4n) is 4.04. The summed E-state index contributed by atoms with van der Waals surface area (Å²) in [6.07, 6.45) is 4.52. The Morgan fingerprint density at radius 2 is 1.90 bits per heavy atom. The van der Waals surface area contributed by atoms with Gasteiger partial charge in [-0.05, 0) is 50.1 Å². The zero-order valence-electron chi connectivity index (χ0n) is 18.7. The van der Waals surface area contributed by atoms with Crippen molar-refractivity contribution in [3.05, 3.63) is 36.0 Å². The average molecular weight is 443 g/mol. The van der Waals surface area contributed by atoms with Crippen molar-refractivity contribution in [2.75, 3.05) is 26.2 Å². The van der Waals surface area contributed by atoms with E-state index in [2.05, 4.69) is 42.0 Å². The van der Waals surface area contributed by atoms with Gasteiger partial charge in [-0.2, -0.15) is 0 Å². The minimum absolute atomic E-state index is 0.0403. The number of carbonyl (C=O) groups is 1. The van der Waals surface area contributed by atoms with Crippen molar-refractivity contribution in [2.45, 2.75) is 52.1 Å². The number of fused-ring (bicyclic) bond motifs is 1. The van der Waals surface area contributed by atoms with Crippen LogP contribution in [0.4, 0.5) is 0 Å². The number of hydrogen-bond acceptors (Lipinski definition) is 5. The minimum atomic E-state index is -0.395. The summed E-state index contributed by atoms with van der Waals surface area (Å²) in [6, 6.07) is 8.62. The highest BCUT2D eigenvalue weighted by molar-refractivity contribution is 8.27. The first-order chi connectivity index (χ1) is 14.9. The average Bonchev–Trinajstić information content (AvgIpc) is 3.16. The zero-order valence-corrected chi connectivity index (χ0v) is 19.5. The highest BCUT2D eigenvalue weighted by Gasteiger charge is 2.24. The Hall–Kier alpha value is -2.32. The Balaban J connectivity index is 1.54. The number of amidine groups is 1. The first-order valence-corrected chi connectivity index (χ1v) is 11.9. The summed E-state index contributed by atoms with van der Waals surface area (Å²) < 4.78 is 0. The van der Waals surface area contributed by atoms with Crippen LogP contribution in [0.1, 0.15) is 39.2 Å². The van der Waals surface area contributed by atoms with Gasteiger partial charge < -0.3 is 15.2 Å². The van der Waals surface area contributed by atoms with Gasteiger partial charge in [-0.15, -0.1) is 0 Å². The van der Waals surface area contributed by atoms with Crippen LogP contribution in [0, 0.1) is 10.8 Å². The van der Waals surface area contributed by atoms with Crippen molar-refractivity contribution < 1.29 is 4.79 Å². The zero-order chi connectivity index (χ0) is 22.4. The monoisotopic (exact) mass is 442 g/mol. The number of thioether (sulfide) groups is 1. The molecule has 168 valence electrons. The number of piperazine rings is 1. The van der Waals surface area contributed by atoms with Gasteiger partial charge in [0.2, 0.25) is 0 Å². The van der Waals surface area contributed by atoms with Gasteiger partial charge >= 0.3 is 0 Å². The summed E-state index contributed by atoms with van der Waals surface area (Å²) in [5.74, 6) is -0.395.